The molecule has 2 aliphatic heterocycles. The van der Waals surface area contributed by atoms with Crippen molar-refractivity contribution in [2.45, 2.75) is 36.8 Å². The van der Waals surface area contributed by atoms with Crippen LogP contribution in [0.15, 0.2) is 23.1 Å². The molecular formula is C17H24N2O5S. The number of carbonyl (C=O) groups excluding carboxylic acids is 1. The number of rotatable bonds is 6. The molecule has 1 saturated heterocycles. The van der Waals surface area contributed by atoms with Gasteiger partial charge in [0.1, 0.15) is 6.61 Å². The van der Waals surface area contributed by atoms with Crippen LogP contribution in [0.25, 0.3) is 0 Å². The van der Waals surface area contributed by atoms with Crippen molar-refractivity contribution in [1.29, 1.82) is 0 Å². The van der Waals surface area contributed by atoms with Gasteiger partial charge < -0.3 is 14.4 Å². The number of amides is 1. The SMILES string of the molecule is COCC(=O)N1CCc2ccc(S(=O)(=O)NC[C@H]3CCCO3)cc2C1. The maximum absolute atomic E-state index is 12.5. The molecule has 138 valence electrons. The molecule has 0 bridgehead atoms. The number of nitrogens with one attached hydrogen (secondary N) is 1. The monoisotopic (exact) mass is 368 g/mol. The minimum atomic E-state index is -3.59. The summed E-state index contributed by atoms with van der Waals surface area (Å²) in [5.41, 5.74) is 1.95. The lowest BCUT2D eigenvalue weighted by molar-refractivity contribution is -0.136. The molecule has 1 amide bonds. The minimum absolute atomic E-state index is 0.0380. The molecule has 1 fully saturated rings. The number of sulfonamides is 1. The van der Waals surface area contributed by atoms with Crippen LogP contribution in [0.5, 0.6) is 0 Å². The van der Waals surface area contributed by atoms with Crippen molar-refractivity contribution >= 4 is 15.9 Å². The summed E-state index contributed by atoms with van der Waals surface area (Å²) in [7, 11) is -2.10. The quantitative estimate of drug-likeness (QED) is 0.798. The molecule has 2 heterocycles. The van der Waals surface area contributed by atoms with E-state index in [1.807, 2.05) is 6.07 Å². The summed E-state index contributed by atoms with van der Waals surface area (Å²) in [6, 6.07) is 5.14. The third-order valence-corrected chi connectivity index (χ3v) is 6.07. The molecule has 0 saturated carbocycles. The Balaban J connectivity index is 1.71. The van der Waals surface area contributed by atoms with E-state index in [1.165, 1.54) is 7.11 Å². The summed E-state index contributed by atoms with van der Waals surface area (Å²) < 4.78 is 38.0. The second-order valence-electron chi connectivity index (χ2n) is 6.42. The van der Waals surface area contributed by atoms with Crippen molar-refractivity contribution in [3.8, 4) is 0 Å². The highest BCUT2D eigenvalue weighted by Gasteiger charge is 2.24. The van der Waals surface area contributed by atoms with Crippen LogP contribution in [0.2, 0.25) is 0 Å². The number of fused-ring (bicyclic) bond motifs is 1. The number of benzene rings is 1. The van der Waals surface area contributed by atoms with Gasteiger partial charge in [-0.05, 0) is 42.5 Å². The molecule has 7 nitrogen and oxygen atoms in total. The molecule has 0 aliphatic carbocycles. The van der Waals surface area contributed by atoms with E-state index in [0.29, 0.717) is 26.1 Å². The summed E-state index contributed by atoms with van der Waals surface area (Å²) >= 11 is 0. The Morgan fingerprint density at radius 1 is 1.40 bits per heavy atom. The minimum Gasteiger partial charge on any atom is -0.377 e. The van der Waals surface area contributed by atoms with Crippen molar-refractivity contribution in [3.05, 3.63) is 29.3 Å². The number of ether oxygens (including phenoxy) is 2. The second kappa shape index (κ2) is 7.82. The number of nitrogens with zero attached hydrogens (tertiary/aromatic N) is 1. The van der Waals surface area contributed by atoms with Crippen LogP contribution in [-0.2, 0) is 37.3 Å². The van der Waals surface area contributed by atoms with E-state index in [4.69, 9.17) is 9.47 Å². The number of hydrogen-bond donors (Lipinski definition) is 1. The van der Waals surface area contributed by atoms with Gasteiger partial charge in [-0.3, -0.25) is 4.79 Å². The Morgan fingerprint density at radius 3 is 2.96 bits per heavy atom. The Labute approximate surface area is 148 Å². The molecule has 1 aromatic carbocycles. The van der Waals surface area contributed by atoms with E-state index in [2.05, 4.69) is 4.72 Å². The fraction of sp³-hybridized carbons (Fsp3) is 0.588. The molecular weight excluding hydrogens is 344 g/mol. The van der Waals surface area contributed by atoms with Crippen molar-refractivity contribution in [1.82, 2.24) is 9.62 Å². The molecule has 2 aliphatic rings. The largest absolute Gasteiger partial charge is 0.377 e. The van der Waals surface area contributed by atoms with Gasteiger partial charge in [0.05, 0.1) is 11.0 Å². The first kappa shape index (κ1) is 18.3. The van der Waals surface area contributed by atoms with Gasteiger partial charge in [0.2, 0.25) is 15.9 Å². The number of carbonyl (C=O) groups is 1. The van der Waals surface area contributed by atoms with Crippen LogP contribution in [-0.4, -0.2) is 58.7 Å². The van der Waals surface area contributed by atoms with E-state index in [9.17, 15) is 13.2 Å². The van der Waals surface area contributed by atoms with Gasteiger partial charge in [-0.1, -0.05) is 6.07 Å². The highest BCUT2D eigenvalue weighted by atomic mass is 32.2. The van der Waals surface area contributed by atoms with E-state index in [1.54, 1.807) is 17.0 Å². The first-order valence-corrected chi connectivity index (χ1v) is 9.97. The predicted octanol–water partition coefficient (Wildman–Crippen LogP) is 0.675. The van der Waals surface area contributed by atoms with E-state index in [-0.39, 0.29) is 30.1 Å². The fourth-order valence-corrected chi connectivity index (χ4v) is 4.34. The smallest absolute Gasteiger partial charge is 0.248 e. The normalized spacial score (nSPS) is 20.5. The number of hydrogen-bond acceptors (Lipinski definition) is 5. The topological polar surface area (TPSA) is 84.9 Å². The van der Waals surface area contributed by atoms with Crippen LogP contribution >= 0.6 is 0 Å². The first-order valence-electron chi connectivity index (χ1n) is 8.49. The lowest BCUT2D eigenvalue weighted by Gasteiger charge is -2.29. The van der Waals surface area contributed by atoms with Gasteiger partial charge in [0.15, 0.2) is 0 Å². The summed E-state index contributed by atoms with van der Waals surface area (Å²) in [6.45, 7) is 2.05. The Kier molecular flexibility index (Phi) is 5.73. The van der Waals surface area contributed by atoms with Crippen molar-refractivity contribution < 1.29 is 22.7 Å². The van der Waals surface area contributed by atoms with Gasteiger partial charge in [-0.15, -0.1) is 0 Å². The average Bonchev–Trinajstić information content (AvgIpc) is 3.13. The fourth-order valence-electron chi connectivity index (χ4n) is 3.22. The Bertz CT molecular complexity index is 729. The summed E-state index contributed by atoms with van der Waals surface area (Å²) in [5.74, 6) is -0.0853. The predicted molar refractivity (Wildman–Crippen MR) is 91.6 cm³/mol. The summed E-state index contributed by atoms with van der Waals surface area (Å²) in [4.78, 5) is 13.9. The molecule has 0 aromatic heterocycles. The van der Waals surface area contributed by atoms with Crippen LogP contribution in [0.3, 0.4) is 0 Å². The maximum atomic E-state index is 12.5. The summed E-state index contributed by atoms with van der Waals surface area (Å²) in [5, 5.41) is 0. The molecule has 0 unspecified atom stereocenters. The van der Waals surface area contributed by atoms with Gasteiger partial charge >= 0.3 is 0 Å². The lowest BCUT2D eigenvalue weighted by Crippen LogP contribution is -2.38. The zero-order chi connectivity index (χ0) is 17.9. The van der Waals surface area contributed by atoms with Crippen molar-refractivity contribution in [2.24, 2.45) is 0 Å². The van der Waals surface area contributed by atoms with E-state index < -0.39 is 10.0 Å². The van der Waals surface area contributed by atoms with Crippen LogP contribution in [0.4, 0.5) is 0 Å². The first-order chi connectivity index (χ1) is 12.0. The standard InChI is InChI=1S/C17H24N2O5S/c1-23-12-17(20)19-7-6-13-4-5-16(9-14(13)11-19)25(21,22)18-10-15-3-2-8-24-15/h4-5,9,15,18H,2-3,6-8,10-12H2,1H3/t15-/m1/s1. The second-order valence-corrected chi connectivity index (χ2v) is 8.18. The van der Waals surface area contributed by atoms with Crippen LogP contribution in [0, 0.1) is 0 Å². The molecule has 1 aromatic rings. The zero-order valence-corrected chi connectivity index (χ0v) is 15.2. The maximum Gasteiger partial charge on any atom is 0.248 e. The third kappa shape index (κ3) is 4.38. The zero-order valence-electron chi connectivity index (χ0n) is 14.4. The van der Waals surface area contributed by atoms with E-state index >= 15 is 0 Å². The third-order valence-electron chi connectivity index (χ3n) is 4.65. The molecule has 1 atom stereocenters. The van der Waals surface area contributed by atoms with Gasteiger partial charge in [-0.25, -0.2) is 13.1 Å². The molecule has 25 heavy (non-hydrogen) atoms. The average molecular weight is 368 g/mol. The van der Waals surface area contributed by atoms with Crippen LogP contribution in [0.1, 0.15) is 24.0 Å². The van der Waals surface area contributed by atoms with Crippen molar-refractivity contribution in [3.63, 3.8) is 0 Å². The van der Waals surface area contributed by atoms with Gasteiger partial charge in [0, 0.05) is 33.4 Å². The molecule has 3 rings (SSSR count). The van der Waals surface area contributed by atoms with Gasteiger partial charge in [-0.2, -0.15) is 0 Å². The highest BCUT2D eigenvalue weighted by molar-refractivity contribution is 7.89. The highest BCUT2D eigenvalue weighted by Crippen LogP contribution is 2.23. The molecule has 8 heteroatoms. The lowest BCUT2D eigenvalue weighted by atomic mass is 10.00. The van der Waals surface area contributed by atoms with Crippen molar-refractivity contribution in [2.75, 3.05) is 33.4 Å². The molecule has 1 N–H and O–H groups in total. The van der Waals surface area contributed by atoms with Gasteiger partial charge in [0.25, 0.3) is 0 Å². The Morgan fingerprint density at radius 2 is 2.24 bits per heavy atom. The van der Waals surface area contributed by atoms with Crippen LogP contribution < -0.4 is 4.72 Å². The van der Waals surface area contributed by atoms with E-state index in [0.717, 1.165) is 24.0 Å². The molecule has 0 radical (unpaired) electrons. The Hall–Kier alpha value is -1.48. The summed E-state index contributed by atoms with van der Waals surface area (Å²) in [6.07, 6.45) is 2.52. The molecule has 0 spiro atoms. The number of methoxy groups -OCH3 is 1.